The number of nitrogens with one attached hydrogen (secondary N) is 1. The molecule has 1 N–H and O–H groups in total. The van der Waals surface area contributed by atoms with E-state index in [2.05, 4.69) is 41.1 Å². The van der Waals surface area contributed by atoms with Gasteiger partial charge in [-0.15, -0.1) is 0 Å². The van der Waals surface area contributed by atoms with E-state index in [1.165, 1.54) is 30.8 Å². The standard InChI is InChI=1S/C16H26N4/c1-13(2)20-10-4-6-15(20)14-5-3-7-18-16(14)19-11-8-17-9-12-19/h3,5,7,13,15,17H,4,6,8-12H2,1-2H3/t15-/m1/s1. The molecule has 110 valence electrons. The molecule has 0 aromatic carbocycles. The van der Waals surface area contributed by atoms with E-state index in [1.807, 2.05) is 6.20 Å². The van der Waals surface area contributed by atoms with Gasteiger partial charge in [-0.25, -0.2) is 4.98 Å². The van der Waals surface area contributed by atoms with E-state index in [0.717, 1.165) is 26.2 Å². The summed E-state index contributed by atoms with van der Waals surface area (Å²) >= 11 is 0. The first-order valence-corrected chi connectivity index (χ1v) is 7.93. The topological polar surface area (TPSA) is 31.4 Å². The number of nitrogens with zero attached hydrogens (tertiary/aromatic N) is 3. The number of aromatic nitrogens is 1. The highest BCUT2D eigenvalue weighted by atomic mass is 15.2. The van der Waals surface area contributed by atoms with Crippen LogP contribution >= 0.6 is 0 Å². The number of likely N-dealkylation sites (tertiary alicyclic amines) is 1. The second-order valence-electron chi connectivity index (χ2n) is 6.14. The third kappa shape index (κ3) is 2.67. The SMILES string of the molecule is CC(C)N1CCC[C@@H]1c1cccnc1N1CCNCC1. The maximum absolute atomic E-state index is 4.71. The van der Waals surface area contributed by atoms with Crippen molar-refractivity contribution >= 4 is 5.82 Å². The molecule has 0 bridgehead atoms. The zero-order valence-corrected chi connectivity index (χ0v) is 12.7. The Morgan fingerprint density at radius 1 is 1.25 bits per heavy atom. The first kappa shape index (κ1) is 13.8. The van der Waals surface area contributed by atoms with E-state index in [1.54, 1.807) is 0 Å². The van der Waals surface area contributed by atoms with Gasteiger partial charge in [0.25, 0.3) is 0 Å². The fourth-order valence-corrected chi connectivity index (χ4v) is 3.55. The molecule has 2 saturated heterocycles. The van der Waals surface area contributed by atoms with Gasteiger partial charge in [0.05, 0.1) is 0 Å². The number of pyridine rings is 1. The summed E-state index contributed by atoms with van der Waals surface area (Å²) in [6.45, 7) is 10.1. The minimum atomic E-state index is 0.550. The Balaban J connectivity index is 1.89. The molecule has 1 atom stereocenters. The van der Waals surface area contributed by atoms with Gasteiger partial charge in [-0.2, -0.15) is 0 Å². The summed E-state index contributed by atoms with van der Waals surface area (Å²) in [4.78, 5) is 9.79. The van der Waals surface area contributed by atoms with E-state index >= 15 is 0 Å². The summed E-state index contributed by atoms with van der Waals surface area (Å²) in [5, 5.41) is 3.42. The van der Waals surface area contributed by atoms with Crippen LogP contribution in [0.3, 0.4) is 0 Å². The minimum Gasteiger partial charge on any atom is -0.354 e. The normalized spacial score (nSPS) is 24.6. The quantitative estimate of drug-likeness (QED) is 0.914. The molecule has 3 rings (SSSR count). The van der Waals surface area contributed by atoms with Crippen molar-refractivity contribution in [3.63, 3.8) is 0 Å². The maximum atomic E-state index is 4.71. The second kappa shape index (κ2) is 6.10. The van der Waals surface area contributed by atoms with Crippen molar-refractivity contribution in [2.75, 3.05) is 37.6 Å². The lowest BCUT2D eigenvalue weighted by molar-refractivity contribution is 0.205. The van der Waals surface area contributed by atoms with Crippen LogP contribution in [0, 0.1) is 0 Å². The van der Waals surface area contributed by atoms with Crippen LogP contribution in [-0.4, -0.2) is 48.6 Å². The van der Waals surface area contributed by atoms with Gasteiger partial charge in [-0.3, -0.25) is 4.90 Å². The summed E-state index contributed by atoms with van der Waals surface area (Å²) in [7, 11) is 0. The Morgan fingerprint density at radius 2 is 2.05 bits per heavy atom. The second-order valence-corrected chi connectivity index (χ2v) is 6.14. The Morgan fingerprint density at radius 3 is 2.80 bits per heavy atom. The molecule has 0 amide bonds. The Labute approximate surface area is 122 Å². The lowest BCUT2D eigenvalue weighted by Gasteiger charge is -2.34. The van der Waals surface area contributed by atoms with Crippen molar-refractivity contribution in [3.05, 3.63) is 23.9 Å². The molecule has 4 nitrogen and oxygen atoms in total. The molecule has 2 aliphatic heterocycles. The molecule has 20 heavy (non-hydrogen) atoms. The van der Waals surface area contributed by atoms with E-state index in [-0.39, 0.29) is 0 Å². The highest BCUT2D eigenvalue weighted by molar-refractivity contribution is 5.49. The zero-order valence-electron chi connectivity index (χ0n) is 12.7. The lowest BCUT2D eigenvalue weighted by atomic mass is 10.0. The van der Waals surface area contributed by atoms with Crippen molar-refractivity contribution in [2.45, 2.75) is 38.8 Å². The smallest absolute Gasteiger partial charge is 0.133 e. The van der Waals surface area contributed by atoms with Crippen LogP contribution < -0.4 is 10.2 Å². The molecule has 2 aliphatic rings. The van der Waals surface area contributed by atoms with Gasteiger partial charge in [0.1, 0.15) is 5.82 Å². The molecule has 3 heterocycles. The highest BCUT2D eigenvalue weighted by Crippen LogP contribution is 2.37. The van der Waals surface area contributed by atoms with Gasteiger partial charge < -0.3 is 10.2 Å². The van der Waals surface area contributed by atoms with Crippen LogP contribution in [0.15, 0.2) is 18.3 Å². The van der Waals surface area contributed by atoms with Gasteiger partial charge in [-0.1, -0.05) is 6.07 Å². The van der Waals surface area contributed by atoms with Crippen LogP contribution in [-0.2, 0) is 0 Å². The lowest BCUT2D eigenvalue weighted by Crippen LogP contribution is -2.44. The molecule has 0 radical (unpaired) electrons. The fourth-order valence-electron chi connectivity index (χ4n) is 3.55. The number of anilines is 1. The Kier molecular flexibility index (Phi) is 4.22. The summed E-state index contributed by atoms with van der Waals surface area (Å²) < 4.78 is 0. The van der Waals surface area contributed by atoms with Crippen molar-refractivity contribution in [1.29, 1.82) is 0 Å². The van der Waals surface area contributed by atoms with Crippen molar-refractivity contribution in [1.82, 2.24) is 15.2 Å². The number of piperazine rings is 1. The van der Waals surface area contributed by atoms with Crippen LogP contribution in [0.25, 0.3) is 0 Å². The molecule has 0 aliphatic carbocycles. The third-order valence-corrected chi connectivity index (χ3v) is 4.55. The van der Waals surface area contributed by atoms with Gasteiger partial charge in [0, 0.05) is 50.0 Å². The predicted molar refractivity (Wildman–Crippen MR) is 83.1 cm³/mol. The fraction of sp³-hybridized carbons (Fsp3) is 0.688. The monoisotopic (exact) mass is 274 g/mol. The molecule has 1 aromatic rings. The Bertz CT molecular complexity index is 440. The van der Waals surface area contributed by atoms with E-state index in [4.69, 9.17) is 4.98 Å². The van der Waals surface area contributed by atoms with Crippen molar-refractivity contribution in [2.24, 2.45) is 0 Å². The van der Waals surface area contributed by atoms with Gasteiger partial charge in [0.15, 0.2) is 0 Å². The zero-order chi connectivity index (χ0) is 13.9. The van der Waals surface area contributed by atoms with E-state index in [0.29, 0.717) is 12.1 Å². The minimum absolute atomic E-state index is 0.550. The highest BCUT2D eigenvalue weighted by Gasteiger charge is 2.31. The molecule has 4 heteroatoms. The number of rotatable bonds is 3. The first-order chi connectivity index (χ1) is 9.77. The summed E-state index contributed by atoms with van der Waals surface area (Å²) in [6, 6.07) is 5.54. The van der Waals surface area contributed by atoms with E-state index < -0.39 is 0 Å². The Hall–Kier alpha value is -1.13. The number of hydrogen-bond donors (Lipinski definition) is 1. The average Bonchev–Trinajstić information content (AvgIpc) is 2.98. The largest absolute Gasteiger partial charge is 0.354 e. The van der Waals surface area contributed by atoms with Crippen LogP contribution in [0.5, 0.6) is 0 Å². The first-order valence-electron chi connectivity index (χ1n) is 7.93. The molecular formula is C16H26N4. The molecular weight excluding hydrogens is 248 g/mol. The maximum Gasteiger partial charge on any atom is 0.133 e. The third-order valence-electron chi connectivity index (χ3n) is 4.55. The van der Waals surface area contributed by atoms with Gasteiger partial charge >= 0.3 is 0 Å². The van der Waals surface area contributed by atoms with Crippen LogP contribution in [0.1, 0.15) is 38.3 Å². The average molecular weight is 274 g/mol. The molecule has 0 saturated carbocycles. The van der Waals surface area contributed by atoms with Gasteiger partial charge in [0.2, 0.25) is 0 Å². The summed E-state index contributed by atoms with van der Waals surface area (Å²) in [5.41, 5.74) is 1.43. The van der Waals surface area contributed by atoms with Gasteiger partial charge in [-0.05, 0) is 39.3 Å². The number of hydrogen-bond acceptors (Lipinski definition) is 4. The van der Waals surface area contributed by atoms with E-state index in [9.17, 15) is 0 Å². The van der Waals surface area contributed by atoms with Crippen molar-refractivity contribution in [3.8, 4) is 0 Å². The molecule has 0 spiro atoms. The summed E-state index contributed by atoms with van der Waals surface area (Å²) in [5.74, 6) is 1.21. The molecule has 2 fully saturated rings. The van der Waals surface area contributed by atoms with Crippen LogP contribution in [0.2, 0.25) is 0 Å². The predicted octanol–water partition coefficient (Wildman–Crippen LogP) is 2.04. The molecule has 1 aromatic heterocycles. The van der Waals surface area contributed by atoms with Crippen LogP contribution in [0.4, 0.5) is 5.82 Å². The van der Waals surface area contributed by atoms with Crippen molar-refractivity contribution < 1.29 is 0 Å². The summed E-state index contributed by atoms with van der Waals surface area (Å²) in [6.07, 6.45) is 4.51. The molecule has 0 unspecified atom stereocenters.